The number of aryl methyl sites for hydroxylation is 1. The Hall–Kier alpha value is -3.54. The highest BCUT2D eigenvalue weighted by Gasteiger charge is 2.43. The fourth-order valence-electron chi connectivity index (χ4n) is 5.54. The second-order valence-corrected chi connectivity index (χ2v) is 9.74. The van der Waals surface area contributed by atoms with Crippen molar-refractivity contribution in [1.29, 1.82) is 5.26 Å². The summed E-state index contributed by atoms with van der Waals surface area (Å²) in [5, 5.41) is 9.07. The molecule has 2 N–H and O–H groups in total. The molecule has 2 atom stereocenters. The number of primary amides is 1. The highest BCUT2D eigenvalue weighted by Crippen LogP contribution is 2.40. The maximum atomic E-state index is 13.5. The first-order valence-corrected chi connectivity index (χ1v) is 12.1. The summed E-state index contributed by atoms with van der Waals surface area (Å²) in [7, 11) is 0. The maximum absolute atomic E-state index is 13.5. The topological polar surface area (TPSA) is 90.4 Å². The molecule has 0 radical (unpaired) electrons. The van der Waals surface area contributed by atoms with Crippen molar-refractivity contribution >= 4 is 17.5 Å². The number of anilines is 1. The van der Waals surface area contributed by atoms with Crippen LogP contribution in [0.4, 0.5) is 18.9 Å². The Morgan fingerprint density at radius 3 is 2.42 bits per heavy atom. The number of alkyl halides is 3. The van der Waals surface area contributed by atoms with Gasteiger partial charge in [-0.3, -0.25) is 9.59 Å². The minimum absolute atomic E-state index is 0.0690. The fourth-order valence-corrected chi connectivity index (χ4v) is 5.54. The minimum Gasteiger partial charge on any atom is -0.370 e. The summed E-state index contributed by atoms with van der Waals surface area (Å²) in [6.07, 6.45) is -2.88. The van der Waals surface area contributed by atoms with E-state index in [1.165, 1.54) is 12.1 Å². The van der Waals surface area contributed by atoms with Crippen molar-refractivity contribution in [3.05, 3.63) is 64.7 Å². The number of carbonyl (C=O) groups is 2. The van der Waals surface area contributed by atoms with Gasteiger partial charge in [-0.25, -0.2) is 0 Å². The van der Waals surface area contributed by atoms with Gasteiger partial charge in [0.05, 0.1) is 29.5 Å². The predicted octanol–water partition coefficient (Wildman–Crippen LogP) is 3.90. The quantitative estimate of drug-likeness (QED) is 0.677. The van der Waals surface area contributed by atoms with E-state index in [-0.39, 0.29) is 24.3 Å². The number of halogens is 3. The maximum Gasteiger partial charge on any atom is 0.417 e. The van der Waals surface area contributed by atoms with Crippen molar-refractivity contribution in [3.8, 4) is 6.07 Å². The average molecular weight is 499 g/mol. The standard InChI is InChI=1S/C27H29F3N4O2/c1-17-4-2-3-5-19(17)12-25(35)33-10-8-18(9-11-33)22-15-34(16-23(22)26(32)36)21-7-6-20(14-31)24(13-21)27(28,29)30/h2-7,13,18,22-23H,8-12,15-16H2,1H3,(H2,32,36)/t22-,23+/m0/s1. The highest BCUT2D eigenvalue weighted by molar-refractivity contribution is 5.80. The lowest BCUT2D eigenvalue weighted by Gasteiger charge is -2.36. The molecule has 2 heterocycles. The van der Waals surface area contributed by atoms with Gasteiger partial charge in [0.1, 0.15) is 0 Å². The lowest BCUT2D eigenvalue weighted by Crippen LogP contribution is -2.43. The Morgan fingerprint density at radius 1 is 1.11 bits per heavy atom. The Morgan fingerprint density at radius 2 is 1.81 bits per heavy atom. The van der Waals surface area contributed by atoms with Crippen molar-refractivity contribution in [2.75, 3.05) is 31.1 Å². The molecule has 2 aliphatic heterocycles. The number of likely N-dealkylation sites (tertiary alicyclic amines) is 1. The molecule has 36 heavy (non-hydrogen) atoms. The van der Waals surface area contributed by atoms with Gasteiger partial charge < -0.3 is 15.5 Å². The zero-order valence-corrected chi connectivity index (χ0v) is 20.1. The summed E-state index contributed by atoms with van der Waals surface area (Å²) in [6.45, 7) is 3.77. The number of amides is 2. The molecule has 0 saturated carbocycles. The Labute approximate surface area is 208 Å². The molecule has 0 unspecified atom stereocenters. The van der Waals surface area contributed by atoms with Gasteiger partial charge in [-0.2, -0.15) is 18.4 Å². The van der Waals surface area contributed by atoms with E-state index in [0.29, 0.717) is 44.6 Å². The third-order valence-corrected chi connectivity index (χ3v) is 7.63. The molecule has 2 aromatic carbocycles. The van der Waals surface area contributed by atoms with Crippen molar-refractivity contribution in [2.24, 2.45) is 23.5 Å². The first-order valence-electron chi connectivity index (χ1n) is 12.1. The molecule has 9 heteroatoms. The van der Waals surface area contributed by atoms with E-state index in [1.807, 2.05) is 36.1 Å². The van der Waals surface area contributed by atoms with Crippen LogP contribution in [0.25, 0.3) is 0 Å². The molecule has 0 bridgehead atoms. The van der Waals surface area contributed by atoms with Crippen molar-refractivity contribution in [3.63, 3.8) is 0 Å². The number of piperidine rings is 1. The molecule has 0 spiro atoms. The van der Waals surface area contributed by atoms with Crippen LogP contribution in [0.1, 0.15) is 35.1 Å². The highest BCUT2D eigenvalue weighted by atomic mass is 19.4. The summed E-state index contributed by atoms with van der Waals surface area (Å²) >= 11 is 0. The van der Waals surface area contributed by atoms with E-state index in [9.17, 15) is 22.8 Å². The molecule has 2 aromatic rings. The third kappa shape index (κ3) is 5.32. The number of nitrogens with zero attached hydrogens (tertiary/aromatic N) is 3. The van der Waals surface area contributed by atoms with E-state index < -0.39 is 29.1 Å². The largest absolute Gasteiger partial charge is 0.417 e. The number of benzene rings is 2. The molecule has 2 aliphatic rings. The molecule has 6 nitrogen and oxygen atoms in total. The summed E-state index contributed by atoms with van der Waals surface area (Å²) in [4.78, 5) is 28.7. The number of hydrogen-bond acceptors (Lipinski definition) is 4. The van der Waals surface area contributed by atoms with Gasteiger partial charge in [-0.15, -0.1) is 0 Å². The monoisotopic (exact) mass is 498 g/mol. The molecule has 4 rings (SSSR count). The van der Waals surface area contributed by atoms with Crippen LogP contribution in [0, 0.1) is 36.0 Å². The first kappa shape index (κ1) is 25.5. The summed E-state index contributed by atoms with van der Waals surface area (Å²) in [6, 6.07) is 13.0. The van der Waals surface area contributed by atoms with Crippen LogP contribution in [0.2, 0.25) is 0 Å². The van der Waals surface area contributed by atoms with Crippen molar-refractivity contribution in [2.45, 2.75) is 32.4 Å². The van der Waals surface area contributed by atoms with Gasteiger partial charge in [-0.1, -0.05) is 24.3 Å². The fraction of sp³-hybridized carbons (Fsp3) is 0.444. The minimum atomic E-state index is -4.65. The molecule has 2 amide bonds. The number of carbonyl (C=O) groups excluding carboxylic acids is 2. The van der Waals surface area contributed by atoms with E-state index >= 15 is 0 Å². The molecule has 2 fully saturated rings. The molecular weight excluding hydrogens is 469 g/mol. The van der Waals surface area contributed by atoms with Gasteiger partial charge >= 0.3 is 6.18 Å². The van der Waals surface area contributed by atoms with Gasteiger partial charge in [-0.05, 0) is 60.9 Å². The van der Waals surface area contributed by atoms with Crippen LogP contribution in [0.15, 0.2) is 42.5 Å². The van der Waals surface area contributed by atoms with Crippen molar-refractivity contribution in [1.82, 2.24) is 4.90 Å². The Balaban J connectivity index is 1.44. The molecule has 0 aliphatic carbocycles. The van der Waals surface area contributed by atoms with Gasteiger partial charge in [0.2, 0.25) is 11.8 Å². The lowest BCUT2D eigenvalue weighted by atomic mass is 9.78. The zero-order valence-electron chi connectivity index (χ0n) is 20.1. The smallest absolute Gasteiger partial charge is 0.370 e. The normalized spacial score (nSPS) is 20.9. The molecular formula is C27H29F3N4O2. The predicted molar refractivity (Wildman–Crippen MR) is 129 cm³/mol. The summed E-state index contributed by atoms with van der Waals surface area (Å²) in [5.41, 5.74) is 6.69. The summed E-state index contributed by atoms with van der Waals surface area (Å²) in [5.74, 6) is -0.865. The lowest BCUT2D eigenvalue weighted by molar-refractivity contribution is -0.137. The van der Waals surface area contributed by atoms with E-state index in [4.69, 9.17) is 11.0 Å². The third-order valence-electron chi connectivity index (χ3n) is 7.63. The van der Waals surface area contributed by atoms with Gasteiger partial charge in [0, 0.05) is 31.9 Å². The van der Waals surface area contributed by atoms with E-state index in [2.05, 4.69) is 0 Å². The molecule has 2 saturated heterocycles. The van der Waals surface area contributed by atoms with Crippen LogP contribution in [0.5, 0.6) is 0 Å². The van der Waals surface area contributed by atoms with E-state index in [0.717, 1.165) is 17.2 Å². The van der Waals surface area contributed by atoms with Crippen LogP contribution >= 0.6 is 0 Å². The number of nitrogens with two attached hydrogens (primary N) is 1. The van der Waals surface area contributed by atoms with Crippen LogP contribution in [0.3, 0.4) is 0 Å². The Bertz CT molecular complexity index is 1180. The van der Waals surface area contributed by atoms with Gasteiger partial charge in [0.25, 0.3) is 0 Å². The SMILES string of the molecule is Cc1ccccc1CC(=O)N1CCC([C@@H]2CN(c3ccc(C#N)c(C(F)(F)F)c3)C[C@H]2C(N)=O)CC1. The van der Waals surface area contributed by atoms with Gasteiger partial charge in [0.15, 0.2) is 0 Å². The number of rotatable bonds is 5. The molecule has 0 aromatic heterocycles. The number of nitriles is 1. The first-order chi connectivity index (χ1) is 17.1. The average Bonchev–Trinajstić information content (AvgIpc) is 3.30. The van der Waals surface area contributed by atoms with Crippen LogP contribution in [-0.4, -0.2) is 42.9 Å². The van der Waals surface area contributed by atoms with E-state index in [1.54, 1.807) is 11.0 Å². The van der Waals surface area contributed by atoms with Crippen molar-refractivity contribution < 1.29 is 22.8 Å². The summed E-state index contributed by atoms with van der Waals surface area (Å²) < 4.78 is 40.4. The Kier molecular flexibility index (Phi) is 7.25. The second-order valence-electron chi connectivity index (χ2n) is 9.74. The number of hydrogen-bond donors (Lipinski definition) is 1. The molecule has 190 valence electrons. The zero-order chi connectivity index (χ0) is 26.0. The van der Waals surface area contributed by atoms with Crippen LogP contribution < -0.4 is 10.6 Å². The van der Waals surface area contributed by atoms with Crippen LogP contribution in [-0.2, 0) is 22.2 Å². The second kappa shape index (κ2) is 10.2.